The standard InChI is InChI=1S/C12H15N5O3S/c1-8(2)20-10(18)7-21-12-14-11(16-17-12)15-13-6-9-4-3-5-19-9/h3-6,8H,7H2,1-2H3,(H2,14,15,16,17)/b13-6-. The molecule has 8 nitrogen and oxygen atoms in total. The number of hydrogen-bond acceptors (Lipinski definition) is 8. The molecule has 2 heterocycles. The molecule has 0 aromatic carbocycles. The van der Waals surface area contributed by atoms with Crippen LogP contribution in [-0.4, -0.2) is 39.2 Å². The average molecular weight is 309 g/mol. The molecular formula is C12H15N5O3S. The Hall–Kier alpha value is -2.29. The molecule has 0 aliphatic rings. The third kappa shape index (κ3) is 5.30. The van der Waals surface area contributed by atoms with Crippen molar-refractivity contribution in [1.29, 1.82) is 0 Å². The number of aromatic amines is 1. The van der Waals surface area contributed by atoms with Gasteiger partial charge in [0.2, 0.25) is 11.1 Å². The Bertz CT molecular complexity index is 594. The minimum Gasteiger partial charge on any atom is -0.463 e. The van der Waals surface area contributed by atoms with Crippen LogP contribution < -0.4 is 5.43 Å². The van der Waals surface area contributed by atoms with Crippen LogP contribution in [-0.2, 0) is 9.53 Å². The Morgan fingerprint density at radius 3 is 3.24 bits per heavy atom. The normalized spacial score (nSPS) is 11.2. The fourth-order valence-corrected chi connectivity index (χ4v) is 1.88. The van der Waals surface area contributed by atoms with Gasteiger partial charge in [0.05, 0.1) is 24.3 Å². The van der Waals surface area contributed by atoms with Gasteiger partial charge in [-0.3, -0.25) is 4.79 Å². The molecule has 0 saturated heterocycles. The van der Waals surface area contributed by atoms with Crippen molar-refractivity contribution in [3.8, 4) is 0 Å². The lowest BCUT2D eigenvalue weighted by Crippen LogP contribution is -2.13. The summed E-state index contributed by atoms with van der Waals surface area (Å²) in [5.41, 5.74) is 2.67. The first kappa shape index (κ1) is 15.1. The minimum atomic E-state index is -0.301. The third-order valence-electron chi connectivity index (χ3n) is 2.06. The van der Waals surface area contributed by atoms with Crippen molar-refractivity contribution in [2.24, 2.45) is 5.10 Å². The molecule has 0 unspecified atom stereocenters. The Kier molecular flexibility index (Phi) is 5.38. The summed E-state index contributed by atoms with van der Waals surface area (Å²) in [6, 6.07) is 3.54. The average Bonchev–Trinajstić information content (AvgIpc) is 3.07. The predicted octanol–water partition coefficient (Wildman–Crippen LogP) is 1.89. The van der Waals surface area contributed by atoms with Crippen LogP contribution >= 0.6 is 11.8 Å². The summed E-state index contributed by atoms with van der Waals surface area (Å²) in [6.45, 7) is 3.60. The molecule has 0 aliphatic heterocycles. The van der Waals surface area contributed by atoms with Gasteiger partial charge in [-0.25, -0.2) is 10.5 Å². The van der Waals surface area contributed by atoms with E-state index in [2.05, 4.69) is 25.7 Å². The number of ether oxygens (including phenoxy) is 1. The highest BCUT2D eigenvalue weighted by molar-refractivity contribution is 7.99. The summed E-state index contributed by atoms with van der Waals surface area (Å²) < 4.78 is 10.1. The number of carbonyl (C=O) groups excluding carboxylic acids is 1. The van der Waals surface area contributed by atoms with E-state index >= 15 is 0 Å². The smallest absolute Gasteiger partial charge is 0.316 e. The van der Waals surface area contributed by atoms with E-state index in [-0.39, 0.29) is 17.8 Å². The van der Waals surface area contributed by atoms with Gasteiger partial charge in [0.15, 0.2) is 0 Å². The van der Waals surface area contributed by atoms with Crippen molar-refractivity contribution < 1.29 is 13.9 Å². The van der Waals surface area contributed by atoms with Gasteiger partial charge in [-0.15, -0.1) is 5.10 Å². The van der Waals surface area contributed by atoms with Crippen LogP contribution in [0.25, 0.3) is 0 Å². The molecule has 0 fully saturated rings. The first-order valence-electron chi connectivity index (χ1n) is 6.21. The second-order valence-corrected chi connectivity index (χ2v) is 5.12. The van der Waals surface area contributed by atoms with Gasteiger partial charge >= 0.3 is 5.97 Å². The van der Waals surface area contributed by atoms with Gasteiger partial charge in [-0.2, -0.15) is 10.1 Å². The second kappa shape index (κ2) is 7.48. The maximum atomic E-state index is 11.4. The molecule has 0 spiro atoms. The summed E-state index contributed by atoms with van der Waals surface area (Å²) >= 11 is 1.18. The molecule has 0 aliphatic carbocycles. The molecular weight excluding hydrogens is 294 g/mol. The van der Waals surface area contributed by atoms with E-state index in [1.54, 1.807) is 32.2 Å². The van der Waals surface area contributed by atoms with Crippen LogP contribution in [0.15, 0.2) is 33.1 Å². The van der Waals surface area contributed by atoms with E-state index < -0.39 is 0 Å². The molecule has 2 rings (SSSR count). The number of rotatable bonds is 7. The van der Waals surface area contributed by atoms with Crippen molar-refractivity contribution in [3.63, 3.8) is 0 Å². The number of aromatic nitrogens is 3. The van der Waals surface area contributed by atoms with Crippen LogP contribution in [0.2, 0.25) is 0 Å². The monoisotopic (exact) mass is 309 g/mol. The number of carbonyl (C=O) groups is 1. The molecule has 2 N–H and O–H groups in total. The molecule has 21 heavy (non-hydrogen) atoms. The lowest BCUT2D eigenvalue weighted by molar-refractivity contribution is -0.144. The fourth-order valence-electron chi connectivity index (χ4n) is 1.30. The molecule has 112 valence electrons. The largest absolute Gasteiger partial charge is 0.463 e. The highest BCUT2D eigenvalue weighted by Gasteiger charge is 2.09. The summed E-state index contributed by atoms with van der Waals surface area (Å²) in [7, 11) is 0. The van der Waals surface area contributed by atoms with Crippen LogP contribution in [0.4, 0.5) is 5.95 Å². The molecule has 2 aromatic rings. The number of hydrazone groups is 1. The number of anilines is 1. The van der Waals surface area contributed by atoms with Crippen molar-refractivity contribution in [2.45, 2.75) is 25.1 Å². The zero-order chi connectivity index (χ0) is 15.1. The first-order chi connectivity index (χ1) is 10.1. The predicted molar refractivity (Wildman–Crippen MR) is 78.3 cm³/mol. The number of thioether (sulfide) groups is 1. The van der Waals surface area contributed by atoms with Crippen molar-refractivity contribution in [1.82, 2.24) is 15.2 Å². The molecule has 0 bridgehead atoms. The van der Waals surface area contributed by atoms with E-state index in [1.165, 1.54) is 18.0 Å². The quantitative estimate of drug-likeness (QED) is 0.348. The lowest BCUT2D eigenvalue weighted by Gasteiger charge is -2.05. The summed E-state index contributed by atoms with van der Waals surface area (Å²) in [5.74, 6) is 0.848. The summed E-state index contributed by atoms with van der Waals surface area (Å²) in [4.78, 5) is 15.5. The molecule has 0 radical (unpaired) electrons. The highest BCUT2D eigenvalue weighted by atomic mass is 32.2. The Balaban J connectivity index is 1.77. The fraction of sp³-hybridized carbons (Fsp3) is 0.333. The Morgan fingerprint density at radius 1 is 1.67 bits per heavy atom. The summed E-state index contributed by atoms with van der Waals surface area (Å²) in [6.07, 6.45) is 2.94. The van der Waals surface area contributed by atoms with E-state index in [4.69, 9.17) is 9.15 Å². The number of furan rings is 1. The zero-order valence-corrected chi connectivity index (χ0v) is 12.4. The first-order valence-corrected chi connectivity index (χ1v) is 7.19. The number of esters is 1. The maximum Gasteiger partial charge on any atom is 0.316 e. The van der Waals surface area contributed by atoms with Crippen molar-refractivity contribution >= 4 is 29.9 Å². The van der Waals surface area contributed by atoms with Crippen molar-refractivity contribution in [2.75, 3.05) is 11.2 Å². The van der Waals surface area contributed by atoms with Gasteiger partial charge in [-0.05, 0) is 26.0 Å². The molecule has 0 amide bonds. The van der Waals surface area contributed by atoms with Crippen LogP contribution in [0, 0.1) is 0 Å². The number of H-pyrrole nitrogens is 1. The van der Waals surface area contributed by atoms with Crippen molar-refractivity contribution in [3.05, 3.63) is 24.2 Å². The SMILES string of the molecule is CC(C)OC(=O)CSc1n[nH]c(N/N=C\c2ccco2)n1. The van der Waals surface area contributed by atoms with E-state index in [0.29, 0.717) is 16.9 Å². The van der Waals surface area contributed by atoms with Gasteiger partial charge in [0.1, 0.15) is 5.76 Å². The second-order valence-electron chi connectivity index (χ2n) is 4.18. The molecule has 2 aromatic heterocycles. The number of hydrogen-bond donors (Lipinski definition) is 2. The highest BCUT2D eigenvalue weighted by Crippen LogP contribution is 2.14. The lowest BCUT2D eigenvalue weighted by atomic mass is 10.5. The topological polar surface area (TPSA) is 105 Å². The van der Waals surface area contributed by atoms with Gasteiger partial charge < -0.3 is 9.15 Å². The zero-order valence-electron chi connectivity index (χ0n) is 11.6. The maximum absolute atomic E-state index is 11.4. The number of nitrogens with zero attached hydrogens (tertiary/aromatic N) is 3. The molecule has 0 atom stereocenters. The van der Waals surface area contributed by atoms with E-state index in [1.807, 2.05) is 0 Å². The molecule has 9 heteroatoms. The minimum absolute atomic E-state index is 0.126. The van der Waals surface area contributed by atoms with E-state index in [9.17, 15) is 4.79 Å². The Morgan fingerprint density at radius 2 is 2.52 bits per heavy atom. The van der Waals surface area contributed by atoms with Crippen LogP contribution in [0.1, 0.15) is 19.6 Å². The van der Waals surface area contributed by atoms with Gasteiger partial charge in [-0.1, -0.05) is 11.8 Å². The third-order valence-corrected chi connectivity index (χ3v) is 2.88. The Labute approximate surface area is 125 Å². The van der Waals surface area contributed by atoms with Gasteiger partial charge in [0.25, 0.3) is 0 Å². The van der Waals surface area contributed by atoms with Crippen LogP contribution in [0.5, 0.6) is 0 Å². The summed E-state index contributed by atoms with van der Waals surface area (Å²) in [5, 5.41) is 11.0. The van der Waals surface area contributed by atoms with Crippen LogP contribution in [0.3, 0.4) is 0 Å². The van der Waals surface area contributed by atoms with E-state index in [0.717, 1.165) is 0 Å². The number of nitrogens with one attached hydrogen (secondary N) is 2. The molecule has 0 saturated carbocycles. The van der Waals surface area contributed by atoms with Gasteiger partial charge in [0, 0.05) is 0 Å².